The Morgan fingerprint density at radius 2 is 0.490 bits per heavy atom. The van der Waals surface area contributed by atoms with E-state index in [1.807, 2.05) is 0 Å². The molecule has 0 saturated carbocycles. The van der Waals surface area contributed by atoms with Crippen LogP contribution < -0.4 is 4.90 Å². The van der Waals surface area contributed by atoms with Gasteiger partial charge in [0.05, 0.1) is 38.6 Å². The van der Waals surface area contributed by atoms with Crippen molar-refractivity contribution in [2.75, 3.05) is 4.90 Å². The molecule has 0 aliphatic heterocycles. The smallest absolute Gasteiger partial charge is 0.138 e. The number of fused-ring (bicyclic) bond motifs is 12. The van der Waals surface area contributed by atoms with Crippen LogP contribution in [0.4, 0.5) is 17.1 Å². The minimum absolute atomic E-state index is 0.945. The van der Waals surface area contributed by atoms with Crippen molar-refractivity contribution >= 4 is 93.4 Å². The van der Waals surface area contributed by atoms with Crippen molar-refractivity contribution in [2.24, 2.45) is 0 Å². The number of hydrogen-bond acceptors (Lipinski definition) is 2. The molecule has 0 bridgehead atoms. The fourth-order valence-electron chi connectivity index (χ4n) is 16.2. The van der Waals surface area contributed by atoms with Gasteiger partial charge < -0.3 is 14.0 Å². The van der Waals surface area contributed by atoms with Crippen molar-refractivity contribution < 1.29 is 0 Å². The van der Waals surface area contributed by atoms with Crippen LogP contribution in [0, 0.1) is 0 Å². The van der Waals surface area contributed by atoms with Gasteiger partial charge in [-0.15, -0.1) is 0 Å². The van der Waals surface area contributed by atoms with Gasteiger partial charge in [-0.2, -0.15) is 0 Å². The highest BCUT2D eigenvalue weighted by atomic mass is 15.1. The minimum atomic E-state index is 0.945. The Balaban J connectivity index is 0.000000140. The van der Waals surface area contributed by atoms with Gasteiger partial charge in [0.1, 0.15) is 5.82 Å². The van der Waals surface area contributed by atoms with E-state index < -0.39 is 0 Å². The van der Waals surface area contributed by atoms with Crippen molar-refractivity contribution in [3.8, 4) is 95.1 Å². The Hall–Kier alpha value is -13.9. The van der Waals surface area contributed by atoms with E-state index in [1.165, 1.54) is 149 Å². The van der Waals surface area contributed by atoms with Crippen LogP contribution in [0.3, 0.4) is 0 Å². The third-order valence-corrected chi connectivity index (χ3v) is 21.1. The zero-order valence-corrected chi connectivity index (χ0v) is 56.8. The molecule has 4 heterocycles. The van der Waals surface area contributed by atoms with Crippen LogP contribution in [0.25, 0.3) is 171 Å². The lowest BCUT2D eigenvalue weighted by Crippen LogP contribution is -2.09. The second-order valence-corrected chi connectivity index (χ2v) is 27.0. The predicted octanol–water partition coefficient (Wildman–Crippen LogP) is 26.7. The van der Waals surface area contributed by atoms with Gasteiger partial charge in [0.2, 0.25) is 0 Å². The number of anilines is 3. The number of rotatable bonds is 11. The molecule has 0 amide bonds. The first-order chi connectivity index (χ1) is 51.6. The fourth-order valence-corrected chi connectivity index (χ4v) is 16.2. The largest absolute Gasteiger partial charge is 0.311 e. The normalized spacial score (nSPS) is 11.7. The molecule has 0 N–H and O–H groups in total. The van der Waals surface area contributed by atoms with Crippen molar-refractivity contribution in [2.45, 2.75) is 0 Å². The summed E-state index contributed by atoms with van der Waals surface area (Å²) in [6.07, 6.45) is 0. The van der Waals surface area contributed by atoms with E-state index in [-0.39, 0.29) is 0 Å². The van der Waals surface area contributed by atoms with E-state index in [9.17, 15) is 0 Å². The topological polar surface area (TPSA) is 30.9 Å². The molecule has 5 nitrogen and oxygen atoms in total. The molecule has 0 atom stereocenters. The van der Waals surface area contributed by atoms with Crippen molar-refractivity contribution in [1.29, 1.82) is 0 Å². The summed E-state index contributed by atoms with van der Waals surface area (Å²) < 4.78 is 7.08. The highest BCUT2D eigenvalue weighted by Crippen LogP contribution is 2.49. The summed E-state index contributed by atoms with van der Waals surface area (Å²) in [6.45, 7) is 0. The van der Waals surface area contributed by atoms with Crippen LogP contribution in [0.2, 0.25) is 0 Å². The van der Waals surface area contributed by atoms with E-state index in [2.05, 4.69) is 413 Å². The molecule has 0 saturated heterocycles. The molecule has 20 aromatic rings. The van der Waals surface area contributed by atoms with Gasteiger partial charge in [-0.3, -0.25) is 4.57 Å². The molecule has 486 valence electrons. The third kappa shape index (κ3) is 10.3. The summed E-state index contributed by atoms with van der Waals surface area (Å²) in [5, 5.41) is 8.72. The van der Waals surface area contributed by atoms with E-state index >= 15 is 0 Å². The van der Waals surface area contributed by atoms with Crippen molar-refractivity contribution in [1.82, 2.24) is 18.7 Å². The first-order valence-electron chi connectivity index (χ1n) is 35.7. The summed E-state index contributed by atoms with van der Waals surface area (Å²) in [5.74, 6) is 0.945. The van der Waals surface area contributed by atoms with Crippen LogP contribution >= 0.6 is 0 Å². The zero-order valence-electron chi connectivity index (χ0n) is 56.8. The first-order valence-corrected chi connectivity index (χ1v) is 35.7. The predicted molar refractivity (Wildman–Crippen MR) is 437 cm³/mol. The lowest BCUT2D eigenvalue weighted by molar-refractivity contribution is 1.10. The standard InChI is InChI=1S/C54H38N2.C45H27N3/c1-4-12-39(13-5-1)41-20-22-42(23-21-41)44-26-33-49(34-27-44)55(48-31-24-43(25-32-48)40-14-6-2-7-15-40)50-35-28-45(29-36-50)46-30-37-54-52(38-46)51-18-10-11-19-53(51)56(54)47-16-8-3-9-17-47;1-2-11-30(12-3-1)47-40-19-8-6-15-33(40)36-25-28(21-23-42(36)47)29-22-24-43-37(26-29)34-16-7-9-20-41(34)48(43)44-27-38-32-14-5-4-13-31(32)35-17-10-18-39(46-44)45(35)38/h1-38H;1-27H. The molecule has 5 heteroatoms. The van der Waals surface area contributed by atoms with Crippen LogP contribution in [0.15, 0.2) is 394 Å². The maximum absolute atomic E-state index is 5.29. The van der Waals surface area contributed by atoms with Crippen LogP contribution in [0.1, 0.15) is 0 Å². The molecular formula is C99H65N5. The van der Waals surface area contributed by atoms with E-state index in [1.54, 1.807) is 0 Å². The van der Waals surface area contributed by atoms with Crippen LogP contribution in [-0.2, 0) is 0 Å². The maximum atomic E-state index is 5.29. The summed E-state index contributed by atoms with van der Waals surface area (Å²) in [6, 6.07) is 142. The van der Waals surface area contributed by atoms with Gasteiger partial charge in [0.25, 0.3) is 0 Å². The molecule has 0 radical (unpaired) electrons. The Kier molecular flexibility index (Phi) is 14.5. The highest BCUT2D eigenvalue weighted by molar-refractivity contribution is 6.17. The SMILES string of the molecule is c1ccc(-c2ccc(-c3ccc(N(c4ccc(-c5ccccc5)cc4)c4ccc(-c5ccc6c(c5)c5ccccc5n6-c5ccccc5)cc4)cc3)cc2)cc1.c1ccc(-n2c3ccccc3c3cc(-c4ccc5c(c4)c4ccccc4n5-c4cc5c6c(cccc6n4)-c4ccccc4-5)ccc32)cc1. The zero-order chi connectivity index (χ0) is 68.6. The van der Waals surface area contributed by atoms with Gasteiger partial charge >= 0.3 is 0 Å². The Morgan fingerprint density at radius 3 is 0.923 bits per heavy atom. The van der Waals surface area contributed by atoms with Gasteiger partial charge in [-0.05, 0) is 205 Å². The molecule has 16 aromatic carbocycles. The van der Waals surface area contributed by atoms with Crippen molar-refractivity contribution in [3.05, 3.63) is 394 Å². The quantitative estimate of drug-likeness (QED) is 0.129. The molecule has 1 aliphatic carbocycles. The monoisotopic (exact) mass is 1320 g/mol. The summed E-state index contributed by atoms with van der Waals surface area (Å²) in [4.78, 5) is 7.64. The van der Waals surface area contributed by atoms with E-state index in [4.69, 9.17) is 4.98 Å². The average Bonchev–Trinajstić information content (AvgIpc) is 1.53. The molecule has 21 rings (SSSR count). The van der Waals surface area contributed by atoms with E-state index in [0.29, 0.717) is 0 Å². The molecular weight excluding hydrogens is 1260 g/mol. The molecule has 0 unspecified atom stereocenters. The summed E-state index contributed by atoms with van der Waals surface area (Å²) in [5.41, 5.74) is 31.0. The molecule has 0 spiro atoms. The first kappa shape index (κ1) is 60.1. The van der Waals surface area contributed by atoms with Gasteiger partial charge in [-0.25, -0.2) is 4.98 Å². The van der Waals surface area contributed by atoms with Crippen LogP contribution in [0.5, 0.6) is 0 Å². The minimum Gasteiger partial charge on any atom is -0.311 e. The molecule has 1 aliphatic rings. The summed E-state index contributed by atoms with van der Waals surface area (Å²) in [7, 11) is 0. The third-order valence-electron chi connectivity index (χ3n) is 21.1. The number of hydrogen-bond donors (Lipinski definition) is 0. The van der Waals surface area contributed by atoms with Gasteiger partial charge in [0.15, 0.2) is 0 Å². The molecule has 0 fully saturated rings. The van der Waals surface area contributed by atoms with Crippen molar-refractivity contribution in [3.63, 3.8) is 0 Å². The van der Waals surface area contributed by atoms with E-state index in [0.717, 1.165) is 39.4 Å². The number of pyridine rings is 1. The van der Waals surface area contributed by atoms with Gasteiger partial charge in [0, 0.05) is 66.1 Å². The number of aromatic nitrogens is 4. The summed E-state index contributed by atoms with van der Waals surface area (Å²) >= 11 is 0. The Morgan fingerprint density at radius 1 is 0.192 bits per heavy atom. The second kappa shape index (κ2) is 25.1. The van der Waals surface area contributed by atoms with Gasteiger partial charge in [-0.1, -0.05) is 267 Å². The molecule has 4 aromatic heterocycles. The molecule has 104 heavy (non-hydrogen) atoms. The highest BCUT2D eigenvalue weighted by Gasteiger charge is 2.25. The fraction of sp³-hybridized carbons (Fsp3) is 0. The lowest BCUT2D eigenvalue weighted by Gasteiger charge is -2.26. The lowest BCUT2D eigenvalue weighted by atomic mass is 10.00. The Bertz CT molecular complexity index is 6650. The Labute approximate surface area is 602 Å². The van der Waals surface area contributed by atoms with Crippen LogP contribution in [-0.4, -0.2) is 18.7 Å². The average molecular weight is 1320 g/mol. The number of nitrogens with zero attached hydrogens (tertiary/aromatic N) is 5. The second-order valence-electron chi connectivity index (χ2n) is 27.0. The number of benzene rings is 16. The maximum Gasteiger partial charge on any atom is 0.138 e. The number of para-hydroxylation sites is 5.